The van der Waals surface area contributed by atoms with Crippen molar-refractivity contribution in [3.63, 3.8) is 0 Å². The third-order valence-electron chi connectivity index (χ3n) is 4.11. The highest BCUT2D eigenvalue weighted by atomic mass is 35.5. The lowest BCUT2D eigenvalue weighted by Crippen LogP contribution is -2.15. The fraction of sp³-hybridized carbons (Fsp3) is 0.250. The number of benzene rings is 2. The molecule has 0 radical (unpaired) electrons. The Morgan fingerprint density at radius 1 is 1.21 bits per heavy atom. The number of anilines is 1. The molecule has 0 saturated carbocycles. The van der Waals surface area contributed by atoms with Crippen LogP contribution in [0.5, 0.6) is 5.75 Å². The number of nitrogens with zero attached hydrogens (tertiary/aromatic N) is 3. The Kier molecular flexibility index (Phi) is 7.41. The molecule has 1 N–H and O–H groups in total. The molecule has 1 amide bonds. The largest absolute Gasteiger partial charge is 0.484 e. The van der Waals surface area contributed by atoms with Crippen LogP contribution in [0.2, 0.25) is 10.0 Å². The number of carbonyl (C=O) groups excluding carboxylic acids is 1. The highest BCUT2D eigenvalue weighted by molar-refractivity contribution is 7.99. The molecule has 0 unspecified atom stereocenters. The van der Waals surface area contributed by atoms with Crippen molar-refractivity contribution in [3.8, 4) is 5.75 Å². The number of hydrogen-bond donors (Lipinski definition) is 1. The molecule has 3 rings (SSSR count). The Morgan fingerprint density at radius 3 is 2.76 bits per heavy atom. The van der Waals surface area contributed by atoms with Crippen molar-refractivity contribution >= 4 is 46.6 Å². The number of aromatic nitrogens is 3. The zero-order valence-electron chi connectivity index (χ0n) is 16.0. The van der Waals surface area contributed by atoms with Gasteiger partial charge in [-0.2, -0.15) is 0 Å². The summed E-state index contributed by atoms with van der Waals surface area (Å²) in [6.07, 6.45) is 0. The van der Waals surface area contributed by atoms with Gasteiger partial charge in [-0.25, -0.2) is 0 Å². The number of carbonyl (C=O) groups is 1. The summed E-state index contributed by atoms with van der Waals surface area (Å²) < 4.78 is 7.67. The third-order valence-corrected chi connectivity index (χ3v) is 5.62. The maximum absolute atomic E-state index is 12.3. The van der Waals surface area contributed by atoms with Gasteiger partial charge in [-0.3, -0.25) is 4.79 Å². The van der Waals surface area contributed by atoms with Crippen molar-refractivity contribution in [1.82, 2.24) is 14.8 Å². The minimum atomic E-state index is -0.139. The van der Waals surface area contributed by atoms with Crippen LogP contribution < -0.4 is 10.1 Å². The van der Waals surface area contributed by atoms with Crippen LogP contribution in [-0.2, 0) is 17.9 Å². The molecule has 0 atom stereocenters. The van der Waals surface area contributed by atoms with E-state index in [9.17, 15) is 4.79 Å². The fourth-order valence-electron chi connectivity index (χ4n) is 2.60. The molecule has 2 aromatic carbocycles. The van der Waals surface area contributed by atoms with Crippen LogP contribution >= 0.6 is 35.0 Å². The Hall–Kier alpha value is -2.22. The Bertz CT molecular complexity index is 1010. The lowest BCUT2D eigenvalue weighted by atomic mass is 10.2. The fourth-order valence-corrected chi connectivity index (χ4v) is 3.78. The summed E-state index contributed by atoms with van der Waals surface area (Å²) in [6.45, 7) is 4.80. The number of ether oxygens (including phenoxy) is 1. The van der Waals surface area contributed by atoms with Gasteiger partial charge in [0, 0.05) is 17.3 Å². The van der Waals surface area contributed by atoms with E-state index in [0.717, 1.165) is 5.56 Å². The van der Waals surface area contributed by atoms with Crippen LogP contribution in [0.15, 0.2) is 47.6 Å². The number of para-hydroxylation sites is 1. The number of rotatable bonds is 8. The van der Waals surface area contributed by atoms with Gasteiger partial charge in [0.1, 0.15) is 12.4 Å². The molecular formula is C20H20Cl2N4O2S. The normalized spacial score (nSPS) is 10.8. The van der Waals surface area contributed by atoms with Crippen molar-refractivity contribution in [3.05, 3.63) is 63.9 Å². The molecule has 9 heteroatoms. The number of amides is 1. The van der Waals surface area contributed by atoms with E-state index in [1.807, 2.05) is 36.6 Å². The van der Waals surface area contributed by atoms with Gasteiger partial charge in [-0.05, 0) is 43.7 Å². The average molecular weight is 451 g/mol. The van der Waals surface area contributed by atoms with Crippen LogP contribution in [0, 0.1) is 6.92 Å². The van der Waals surface area contributed by atoms with E-state index in [1.54, 1.807) is 24.3 Å². The van der Waals surface area contributed by atoms with Crippen molar-refractivity contribution in [2.75, 3.05) is 11.1 Å². The number of halogens is 2. The quantitative estimate of drug-likeness (QED) is 0.476. The summed E-state index contributed by atoms with van der Waals surface area (Å²) in [6, 6.07) is 12.6. The molecule has 0 fully saturated rings. The van der Waals surface area contributed by atoms with Crippen LogP contribution in [0.4, 0.5) is 5.69 Å². The topological polar surface area (TPSA) is 69.0 Å². The number of thioether (sulfide) groups is 1. The summed E-state index contributed by atoms with van der Waals surface area (Å²) >= 11 is 13.4. The number of aryl methyl sites for hydroxylation is 1. The molecule has 0 spiro atoms. The first-order chi connectivity index (χ1) is 14.0. The molecule has 3 aromatic rings. The molecule has 6 nitrogen and oxygen atoms in total. The van der Waals surface area contributed by atoms with E-state index >= 15 is 0 Å². The zero-order valence-corrected chi connectivity index (χ0v) is 18.3. The van der Waals surface area contributed by atoms with Gasteiger partial charge in [-0.1, -0.05) is 53.2 Å². The van der Waals surface area contributed by atoms with Crippen molar-refractivity contribution in [2.24, 2.45) is 0 Å². The second kappa shape index (κ2) is 10.0. The summed E-state index contributed by atoms with van der Waals surface area (Å²) in [4.78, 5) is 12.3. The van der Waals surface area contributed by atoms with E-state index in [2.05, 4.69) is 15.5 Å². The van der Waals surface area contributed by atoms with Gasteiger partial charge < -0.3 is 14.6 Å². The average Bonchev–Trinajstić information content (AvgIpc) is 3.10. The van der Waals surface area contributed by atoms with Gasteiger partial charge in [0.2, 0.25) is 5.91 Å². The summed E-state index contributed by atoms with van der Waals surface area (Å²) in [7, 11) is 0. The Labute approximate surface area is 183 Å². The lowest BCUT2D eigenvalue weighted by Gasteiger charge is -2.10. The first kappa shape index (κ1) is 21.5. The van der Waals surface area contributed by atoms with E-state index in [4.69, 9.17) is 27.9 Å². The summed E-state index contributed by atoms with van der Waals surface area (Å²) in [5.74, 6) is 1.32. The van der Waals surface area contributed by atoms with Gasteiger partial charge in [-0.15, -0.1) is 10.2 Å². The molecule has 0 bridgehead atoms. The molecular weight excluding hydrogens is 431 g/mol. The highest BCUT2D eigenvalue weighted by Gasteiger charge is 2.15. The highest BCUT2D eigenvalue weighted by Crippen LogP contribution is 2.25. The molecule has 0 aliphatic carbocycles. The summed E-state index contributed by atoms with van der Waals surface area (Å²) in [5, 5.41) is 13.0. The second-order valence-electron chi connectivity index (χ2n) is 6.16. The smallest absolute Gasteiger partial charge is 0.234 e. The third kappa shape index (κ3) is 5.65. The molecule has 1 aromatic heterocycles. The van der Waals surface area contributed by atoms with Gasteiger partial charge in [0.15, 0.2) is 11.0 Å². The van der Waals surface area contributed by atoms with Crippen LogP contribution in [-0.4, -0.2) is 26.4 Å². The van der Waals surface area contributed by atoms with E-state index in [1.165, 1.54) is 11.8 Å². The van der Waals surface area contributed by atoms with Gasteiger partial charge >= 0.3 is 0 Å². The monoisotopic (exact) mass is 450 g/mol. The van der Waals surface area contributed by atoms with Crippen molar-refractivity contribution in [1.29, 1.82) is 0 Å². The van der Waals surface area contributed by atoms with Crippen molar-refractivity contribution in [2.45, 2.75) is 32.2 Å². The number of hydrogen-bond acceptors (Lipinski definition) is 5. The van der Waals surface area contributed by atoms with Gasteiger partial charge in [0.25, 0.3) is 0 Å². The predicted octanol–water partition coefficient (Wildman–Crippen LogP) is 5.22. The van der Waals surface area contributed by atoms with E-state index < -0.39 is 0 Å². The molecule has 152 valence electrons. The van der Waals surface area contributed by atoms with E-state index in [-0.39, 0.29) is 18.3 Å². The Morgan fingerprint density at radius 2 is 2.00 bits per heavy atom. The van der Waals surface area contributed by atoms with Gasteiger partial charge in [0.05, 0.1) is 10.8 Å². The maximum Gasteiger partial charge on any atom is 0.234 e. The predicted molar refractivity (Wildman–Crippen MR) is 117 cm³/mol. The molecule has 0 aliphatic rings. The zero-order chi connectivity index (χ0) is 20.8. The first-order valence-corrected chi connectivity index (χ1v) is 10.7. The molecule has 29 heavy (non-hydrogen) atoms. The maximum atomic E-state index is 12.3. The minimum Gasteiger partial charge on any atom is -0.484 e. The summed E-state index contributed by atoms with van der Waals surface area (Å²) in [5.41, 5.74) is 1.65. The molecule has 0 saturated heterocycles. The first-order valence-electron chi connectivity index (χ1n) is 8.96. The number of nitrogens with one attached hydrogen (secondary N) is 1. The lowest BCUT2D eigenvalue weighted by molar-refractivity contribution is -0.113. The van der Waals surface area contributed by atoms with Crippen LogP contribution in [0.1, 0.15) is 18.3 Å². The Balaban J connectivity index is 1.60. The standard InChI is InChI=1S/C20H20Cl2N4O2S/c1-3-26-18(11-28-17-7-5-4-6-15(17)22)24-25-20(26)29-12-19(27)23-16-10-14(21)9-8-13(16)2/h4-10H,3,11-12H2,1-2H3,(H,23,27). The van der Waals surface area contributed by atoms with Crippen LogP contribution in [0.25, 0.3) is 0 Å². The minimum absolute atomic E-state index is 0.139. The van der Waals surface area contributed by atoms with E-state index in [0.29, 0.717) is 39.0 Å². The van der Waals surface area contributed by atoms with Crippen LogP contribution in [0.3, 0.4) is 0 Å². The molecule has 0 aliphatic heterocycles. The SMILES string of the molecule is CCn1c(COc2ccccc2Cl)nnc1SCC(=O)Nc1cc(Cl)ccc1C. The second-order valence-corrected chi connectivity index (χ2v) is 7.94. The van der Waals surface area contributed by atoms with Crippen molar-refractivity contribution < 1.29 is 9.53 Å². The molecule has 1 heterocycles.